The van der Waals surface area contributed by atoms with Gasteiger partial charge in [0.1, 0.15) is 6.61 Å². The highest BCUT2D eigenvalue weighted by atomic mass is 18.2. The lowest BCUT2D eigenvalue weighted by molar-refractivity contribution is -0.161. The van der Waals surface area contributed by atoms with Crippen LogP contribution < -0.4 is 0 Å². The fourth-order valence-electron chi connectivity index (χ4n) is 3.81. The fourth-order valence-corrected chi connectivity index (χ4v) is 3.81. The van der Waals surface area contributed by atoms with Crippen LogP contribution in [0.15, 0.2) is 0 Å². The van der Waals surface area contributed by atoms with Crippen LogP contribution in [0.1, 0.15) is 135 Å². The minimum Gasteiger partial charge on any atom is -0.462 e. The third kappa shape index (κ3) is 23.8. The number of aliphatic hydroxyl groups is 1. The summed E-state index contributed by atoms with van der Waals surface area (Å²) in [6.07, 6.45) is 20.0. The summed E-state index contributed by atoms with van der Waals surface area (Å²) in [5, 5.41) is 9.37. The molecule has 0 bridgehead atoms. The molecular weight excluding hydrogens is 422 g/mol. The molecule has 0 saturated carbocycles. The molecular formula is C27H51FO5. The number of hydrogen-bond acceptors (Lipinski definition) is 5. The zero-order valence-electron chi connectivity index (χ0n) is 21.3. The van der Waals surface area contributed by atoms with E-state index in [1.165, 1.54) is 64.2 Å². The van der Waals surface area contributed by atoms with Gasteiger partial charge >= 0.3 is 11.9 Å². The van der Waals surface area contributed by atoms with Crippen molar-refractivity contribution in [1.29, 1.82) is 0 Å². The second kappa shape index (κ2) is 25.5. The Kier molecular flexibility index (Phi) is 24.6. The molecule has 0 rings (SSSR count). The molecule has 33 heavy (non-hydrogen) atoms. The summed E-state index contributed by atoms with van der Waals surface area (Å²) in [7, 11) is 0. The molecule has 0 aliphatic heterocycles. The second-order valence-electron chi connectivity index (χ2n) is 9.18. The number of rotatable bonds is 25. The van der Waals surface area contributed by atoms with Crippen molar-refractivity contribution in [2.75, 3.05) is 19.9 Å². The van der Waals surface area contributed by atoms with Gasteiger partial charge in [0, 0.05) is 12.8 Å². The van der Waals surface area contributed by atoms with Crippen LogP contribution in [0, 0.1) is 0 Å². The number of carbonyl (C=O) groups excluding carboxylic acids is 2. The minimum absolute atomic E-state index is 0.110. The summed E-state index contributed by atoms with van der Waals surface area (Å²) < 4.78 is 22.3. The van der Waals surface area contributed by atoms with E-state index >= 15 is 0 Å². The molecule has 0 radical (unpaired) electrons. The van der Waals surface area contributed by atoms with Crippen LogP contribution in [0.25, 0.3) is 0 Å². The van der Waals surface area contributed by atoms with Gasteiger partial charge in [0.2, 0.25) is 0 Å². The van der Waals surface area contributed by atoms with Crippen LogP contribution in [-0.4, -0.2) is 43.0 Å². The van der Waals surface area contributed by atoms with Gasteiger partial charge in [-0.15, -0.1) is 0 Å². The molecule has 0 fully saturated rings. The number of esters is 2. The molecule has 0 aliphatic carbocycles. The lowest BCUT2D eigenvalue weighted by atomic mass is 10.0. The van der Waals surface area contributed by atoms with Gasteiger partial charge in [-0.2, -0.15) is 0 Å². The monoisotopic (exact) mass is 473 g/mol. The first-order chi connectivity index (χ1) is 16.1. The molecule has 5 nitrogen and oxygen atoms in total. The van der Waals surface area contributed by atoms with Crippen molar-refractivity contribution in [2.24, 2.45) is 0 Å². The number of halogens is 1. The van der Waals surface area contributed by atoms with Crippen LogP contribution in [-0.2, 0) is 19.1 Å². The zero-order valence-corrected chi connectivity index (χ0v) is 21.3. The van der Waals surface area contributed by atoms with E-state index in [0.29, 0.717) is 25.7 Å². The molecule has 0 aromatic rings. The Morgan fingerprint density at radius 2 is 1.09 bits per heavy atom. The maximum absolute atomic E-state index is 12.0. The third-order valence-corrected chi connectivity index (χ3v) is 5.93. The standard InChI is InChI=1S/C27H51FO5/c1-2-3-4-5-6-7-8-9-10-11-12-14-18-21-27(31)33-25(23-29)24-32-26(30)20-17-15-13-16-19-22-28/h25,29H,2-24H2,1H3/i28-1. The number of ether oxygens (including phenoxy) is 2. The molecule has 0 aromatic heterocycles. The van der Waals surface area contributed by atoms with Crippen molar-refractivity contribution in [1.82, 2.24) is 0 Å². The van der Waals surface area contributed by atoms with Gasteiger partial charge < -0.3 is 14.6 Å². The predicted molar refractivity (Wildman–Crippen MR) is 132 cm³/mol. The highest BCUT2D eigenvalue weighted by Crippen LogP contribution is 2.13. The van der Waals surface area contributed by atoms with E-state index in [1.807, 2.05) is 0 Å². The van der Waals surface area contributed by atoms with E-state index in [4.69, 9.17) is 9.47 Å². The van der Waals surface area contributed by atoms with Crippen LogP contribution >= 0.6 is 0 Å². The van der Waals surface area contributed by atoms with Crippen molar-refractivity contribution < 1.29 is 28.6 Å². The topological polar surface area (TPSA) is 72.8 Å². The molecule has 196 valence electrons. The van der Waals surface area contributed by atoms with Crippen molar-refractivity contribution >= 4 is 11.9 Å². The summed E-state index contributed by atoms with van der Waals surface area (Å²) in [6.45, 7) is 1.49. The van der Waals surface area contributed by atoms with Crippen molar-refractivity contribution in [3.8, 4) is 0 Å². The first kappa shape index (κ1) is 31.8. The molecule has 0 aromatic carbocycles. The van der Waals surface area contributed by atoms with Gasteiger partial charge in [-0.25, -0.2) is 0 Å². The maximum Gasteiger partial charge on any atom is 0.306 e. The largest absolute Gasteiger partial charge is 0.462 e. The van der Waals surface area contributed by atoms with E-state index in [-0.39, 0.29) is 31.8 Å². The highest BCUT2D eigenvalue weighted by molar-refractivity contribution is 5.70. The van der Waals surface area contributed by atoms with Gasteiger partial charge in [-0.05, 0) is 19.3 Å². The van der Waals surface area contributed by atoms with Gasteiger partial charge in [-0.1, -0.05) is 103 Å². The number of aliphatic hydroxyl groups excluding tert-OH is 1. The summed E-state index contributed by atoms with van der Waals surface area (Å²) in [4.78, 5) is 23.7. The summed E-state index contributed by atoms with van der Waals surface area (Å²) in [6, 6.07) is 0. The molecule has 0 aliphatic rings. The average molecular weight is 474 g/mol. The molecule has 0 amide bonds. The van der Waals surface area contributed by atoms with Gasteiger partial charge in [0.25, 0.3) is 0 Å². The molecule has 0 saturated heterocycles. The Hall–Kier alpha value is -1.17. The van der Waals surface area contributed by atoms with Gasteiger partial charge in [-0.3, -0.25) is 14.0 Å². The average Bonchev–Trinajstić information content (AvgIpc) is 2.81. The van der Waals surface area contributed by atoms with Gasteiger partial charge in [0.15, 0.2) is 6.10 Å². The molecule has 1 unspecified atom stereocenters. The smallest absolute Gasteiger partial charge is 0.306 e. The van der Waals surface area contributed by atoms with Crippen molar-refractivity contribution in [3.05, 3.63) is 0 Å². The first-order valence-corrected chi connectivity index (χ1v) is 13.7. The van der Waals surface area contributed by atoms with Crippen LogP contribution in [0.5, 0.6) is 0 Å². The number of unbranched alkanes of at least 4 members (excludes halogenated alkanes) is 16. The third-order valence-electron chi connectivity index (χ3n) is 5.93. The molecule has 1 N–H and O–H groups in total. The second-order valence-corrected chi connectivity index (χ2v) is 9.18. The van der Waals surface area contributed by atoms with Crippen molar-refractivity contribution in [3.63, 3.8) is 0 Å². The van der Waals surface area contributed by atoms with E-state index in [0.717, 1.165) is 38.5 Å². The van der Waals surface area contributed by atoms with Crippen LogP contribution in [0.4, 0.5) is 4.39 Å². The lowest BCUT2D eigenvalue weighted by Gasteiger charge is -2.15. The Morgan fingerprint density at radius 1 is 0.667 bits per heavy atom. The van der Waals surface area contributed by atoms with Crippen LogP contribution in [0.3, 0.4) is 0 Å². The minimum atomic E-state index is -0.798. The molecule has 0 spiro atoms. The summed E-state index contributed by atoms with van der Waals surface area (Å²) in [5.41, 5.74) is 0. The fraction of sp³-hybridized carbons (Fsp3) is 0.926. The van der Waals surface area contributed by atoms with Crippen molar-refractivity contribution in [2.45, 2.75) is 141 Å². The van der Waals surface area contributed by atoms with Gasteiger partial charge in [0.05, 0.1) is 13.3 Å². The van der Waals surface area contributed by atoms with Crippen LogP contribution in [0.2, 0.25) is 0 Å². The quantitative estimate of drug-likeness (QED) is 0.112. The molecule has 1 atom stereocenters. The highest BCUT2D eigenvalue weighted by Gasteiger charge is 2.16. The number of hydrogen-bond donors (Lipinski definition) is 1. The zero-order chi connectivity index (χ0) is 24.4. The van der Waals surface area contributed by atoms with E-state index in [2.05, 4.69) is 6.92 Å². The molecule has 6 heteroatoms. The summed E-state index contributed by atoms with van der Waals surface area (Å²) in [5.74, 6) is -0.701. The number of carbonyl (C=O) groups is 2. The first-order valence-electron chi connectivity index (χ1n) is 13.7. The normalized spacial score (nSPS) is 12.0. The number of alkyl halides is 1. The Balaban J connectivity index is 3.56. The van der Waals surface area contributed by atoms with E-state index < -0.39 is 6.10 Å². The Morgan fingerprint density at radius 3 is 1.55 bits per heavy atom. The van der Waals surface area contributed by atoms with E-state index in [1.54, 1.807) is 0 Å². The SMILES string of the molecule is CCCCCCCCCCCCCCCC(=O)OC(CO)COC(=O)CCCCCCC[18F]. The predicted octanol–water partition coefficient (Wildman–Crippen LogP) is 7.23. The van der Waals surface area contributed by atoms with E-state index in [9.17, 15) is 19.1 Å². The Bertz CT molecular complexity index is 444. The molecule has 0 heterocycles. The lowest BCUT2D eigenvalue weighted by Crippen LogP contribution is -2.28. The maximum atomic E-state index is 12.0. The Labute approximate surface area is 202 Å². The summed E-state index contributed by atoms with van der Waals surface area (Å²) >= 11 is 0.